The van der Waals surface area contributed by atoms with Crippen molar-refractivity contribution >= 4 is 27.3 Å². The molecule has 2 rings (SSSR count). The van der Waals surface area contributed by atoms with Gasteiger partial charge in [0.2, 0.25) is 0 Å². The van der Waals surface area contributed by atoms with Gasteiger partial charge in [0, 0.05) is 15.4 Å². The van der Waals surface area contributed by atoms with Crippen molar-refractivity contribution in [2.45, 2.75) is 52.0 Å². The fourth-order valence-electron chi connectivity index (χ4n) is 2.83. The van der Waals surface area contributed by atoms with Crippen LogP contribution in [0.25, 0.3) is 0 Å². The molecule has 1 aromatic rings. The number of thiophene rings is 1. The molecule has 0 spiro atoms. The zero-order chi connectivity index (χ0) is 13.0. The van der Waals surface area contributed by atoms with Crippen LogP contribution in [0.5, 0.6) is 0 Å². The molecule has 0 saturated heterocycles. The average molecular weight is 330 g/mol. The standard InChI is InChI=1S/C15H24BrNS/c1-11-3-5-13(6-4-11)7-9-17-12(2)15-14(16)8-10-18-15/h8,10-13,17H,3-7,9H2,1-2H3. The summed E-state index contributed by atoms with van der Waals surface area (Å²) in [5.41, 5.74) is 0. The Bertz CT molecular complexity index is 355. The van der Waals surface area contributed by atoms with Gasteiger partial charge in [-0.05, 0) is 59.1 Å². The lowest BCUT2D eigenvalue weighted by atomic mass is 9.81. The third-order valence-corrected chi connectivity index (χ3v) is 6.23. The minimum Gasteiger partial charge on any atom is -0.309 e. The summed E-state index contributed by atoms with van der Waals surface area (Å²) in [5.74, 6) is 1.93. The van der Waals surface area contributed by atoms with Crippen LogP contribution in [0.3, 0.4) is 0 Å². The van der Waals surface area contributed by atoms with Crippen molar-refractivity contribution in [2.24, 2.45) is 11.8 Å². The summed E-state index contributed by atoms with van der Waals surface area (Å²) >= 11 is 5.45. The van der Waals surface area contributed by atoms with Crippen molar-refractivity contribution in [1.29, 1.82) is 0 Å². The highest BCUT2D eigenvalue weighted by atomic mass is 79.9. The predicted octanol–water partition coefficient (Wildman–Crippen LogP) is 5.38. The van der Waals surface area contributed by atoms with Gasteiger partial charge in [0.25, 0.3) is 0 Å². The molecule has 1 saturated carbocycles. The Morgan fingerprint density at radius 3 is 2.72 bits per heavy atom. The van der Waals surface area contributed by atoms with Gasteiger partial charge >= 0.3 is 0 Å². The van der Waals surface area contributed by atoms with Gasteiger partial charge in [0.05, 0.1) is 0 Å². The maximum absolute atomic E-state index is 3.66. The molecule has 1 unspecified atom stereocenters. The molecule has 102 valence electrons. The van der Waals surface area contributed by atoms with Gasteiger partial charge in [0.1, 0.15) is 0 Å². The van der Waals surface area contributed by atoms with E-state index >= 15 is 0 Å². The second-order valence-corrected chi connectivity index (χ2v) is 7.53. The molecular weight excluding hydrogens is 306 g/mol. The maximum Gasteiger partial charge on any atom is 0.0397 e. The van der Waals surface area contributed by atoms with E-state index in [-0.39, 0.29) is 0 Å². The first-order chi connectivity index (χ1) is 8.66. The maximum atomic E-state index is 3.66. The smallest absolute Gasteiger partial charge is 0.0397 e. The first-order valence-corrected chi connectivity index (χ1v) is 8.80. The fraction of sp³-hybridized carbons (Fsp3) is 0.733. The predicted molar refractivity (Wildman–Crippen MR) is 84.2 cm³/mol. The normalized spacial score (nSPS) is 26.2. The Labute approximate surface area is 123 Å². The van der Waals surface area contributed by atoms with Crippen LogP contribution in [-0.4, -0.2) is 6.54 Å². The SMILES string of the molecule is CC1CCC(CCNC(C)c2sccc2Br)CC1. The Kier molecular flexibility index (Phi) is 5.71. The molecule has 0 aromatic carbocycles. The number of nitrogens with one attached hydrogen (secondary N) is 1. The lowest BCUT2D eigenvalue weighted by molar-refractivity contribution is 0.273. The van der Waals surface area contributed by atoms with E-state index in [1.54, 1.807) is 0 Å². The molecule has 1 aliphatic carbocycles. The van der Waals surface area contributed by atoms with Crippen LogP contribution in [-0.2, 0) is 0 Å². The third-order valence-electron chi connectivity index (χ3n) is 4.18. The Hall–Kier alpha value is 0.140. The summed E-state index contributed by atoms with van der Waals surface area (Å²) in [7, 11) is 0. The van der Waals surface area contributed by atoms with E-state index in [4.69, 9.17) is 0 Å². The second kappa shape index (κ2) is 7.06. The third kappa shape index (κ3) is 4.07. The van der Waals surface area contributed by atoms with Crippen molar-refractivity contribution in [3.05, 3.63) is 20.8 Å². The van der Waals surface area contributed by atoms with Gasteiger partial charge in [-0.1, -0.05) is 32.6 Å². The number of rotatable bonds is 5. The molecule has 1 atom stereocenters. The van der Waals surface area contributed by atoms with E-state index in [1.165, 1.54) is 41.5 Å². The summed E-state index contributed by atoms with van der Waals surface area (Å²) in [6.45, 7) is 5.81. The molecule has 1 fully saturated rings. The lowest BCUT2D eigenvalue weighted by Crippen LogP contribution is -2.23. The molecule has 18 heavy (non-hydrogen) atoms. The molecule has 1 aromatic heterocycles. The molecule has 0 aliphatic heterocycles. The molecular formula is C15H24BrNS. The topological polar surface area (TPSA) is 12.0 Å². The zero-order valence-corrected chi connectivity index (χ0v) is 13.8. The quantitative estimate of drug-likeness (QED) is 0.764. The van der Waals surface area contributed by atoms with Crippen LogP contribution in [0.15, 0.2) is 15.9 Å². The highest BCUT2D eigenvalue weighted by Crippen LogP contribution is 2.31. The monoisotopic (exact) mass is 329 g/mol. The molecule has 1 nitrogen and oxygen atoms in total. The highest BCUT2D eigenvalue weighted by Gasteiger charge is 2.18. The van der Waals surface area contributed by atoms with E-state index in [0.29, 0.717) is 6.04 Å². The first kappa shape index (κ1) is 14.5. The summed E-state index contributed by atoms with van der Waals surface area (Å²) in [5, 5.41) is 5.82. The summed E-state index contributed by atoms with van der Waals surface area (Å²) < 4.78 is 1.25. The van der Waals surface area contributed by atoms with Gasteiger partial charge in [0.15, 0.2) is 0 Å². The van der Waals surface area contributed by atoms with Crippen LogP contribution in [0, 0.1) is 11.8 Å². The average Bonchev–Trinajstić information content (AvgIpc) is 2.78. The number of halogens is 1. The van der Waals surface area contributed by atoms with Crippen molar-refractivity contribution in [1.82, 2.24) is 5.32 Å². The van der Waals surface area contributed by atoms with E-state index in [1.807, 2.05) is 11.3 Å². The Morgan fingerprint density at radius 1 is 1.39 bits per heavy atom. The Balaban J connectivity index is 1.68. The van der Waals surface area contributed by atoms with Gasteiger partial charge < -0.3 is 5.32 Å². The zero-order valence-electron chi connectivity index (χ0n) is 11.4. The summed E-state index contributed by atoms with van der Waals surface area (Å²) in [6, 6.07) is 2.61. The molecule has 0 amide bonds. The molecule has 0 radical (unpaired) electrons. The molecule has 3 heteroatoms. The van der Waals surface area contributed by atoms with Gasteiger partial charge in [-0.3, -0.25) is 0 Å². The minimum atomic E-state index is 0.474. The summed E-state index contributed by atoms with van der Waals surface area (Å²) in [4.78, 5) is 1.42. The summed E-state index contributed by atoms with van der Waals surface area (Å²) in [6.07, 6.45) is 7.12. The van der Waals surface area contributed by atoms with Crippen LogP contribution in [0.4, 0.5) is 0 Å². The largest absolute Gasteiger partial charge is 0.309 e. The van der Waals surface area contributed by atoms with Crippen molar-refractivity contribution in [3.63, 3.8) is 0 Å². The molecule has 1 heterocycles. The van der Waals surface area contributed by atoms with E-state index in [0.717, 1.165) is 18.4 Å². The van der Waals surface area contributed by atoms with Gasteiger partial charge in [-0.25, -0.2) is 0 Å². The molecule has 1 N–H and O–H groups in total. The first-order valence-electron chi connectivity index (χ1n) is 7.13. The molecule has 1 aliphatic rings. The Morgan fingerprint density at radius 2 is 2.11 bits per heavy atom. The van der Waals surface area contributed by atoms with E-state index in [9.17, 15) is 0 Å². The van der Waals surface area contributed by atoms with Crippen molar-refractivity contribution in [3.8, 4) is 0 Å². The lowest BCUT2D eigenvalue weighted by Gasteiger charge is -2.26. The van der Waals surface area contributed by atoms with E-state index in [2.05, 4.69) is 46.5 Å². The second-order valence-electron chi connectivity index (χ2n) is 5.72. The van der Waals surface area contributed by atoms with Crippen LogP contribution in [0.2, 0.25) is 0 Å². The van der Waals surface area contributed by atoms with Crippen LogP contribution < -0.4 is 5.32 Å². The fourth-order valence-corrected chi connectivity index (χ4v) is 4.58. The highest BCUT2D eigenvalue weighted by molar-refractivity contribution is 9.10. The van der Waals surface area contributed by atoms with E-state index < -0.39 is 0 Å². The number of hydrogen-bond acceptors (Lipinski definition) is 2. The van der Waals surface area contributed by atoms with Crippen LogP contribution >= 0.6 is 27.3 Å². The number of hydrogen-bond donors (Lipinski definition) is 1. The van der Waals surface area contributed by atoms with Crippen molar-refractivity contribution in [2.75, 3.05) is 6.54 Å². The molecule has 0 bridgehead atoms. The minimum absolute atomic E-state index is 0.474. The van der Waals surface area contributed by atoms with Crippen molar-refractivity contribution < 1.29 is 0 Å². The van der Waals surface area contributed by atoms with Gasteiger partial charge in [-0.15, -0.1) is 11.3 Å². The van der Waals surface area contributed by atoms with Crippen LogP contribution in [0.1, 0.15) is 56.9 Å². The van der Waals surface area contributed by atoms with Gasteiger partial charge in [-0.2, -0.15) is 0 Å².